The van der Waals surface area contributed by atoms with Gasteiger partial charge in [0.15, 0.2) is 6.23 Å². The largest absolute Gasteiger partial charge is 0.457 e. The number of hydrogen-bond acceptors (Lipinski definition) is 5. The number of hydrogen-bond donors (Lipinski definition) is 1. The molecule has 0 saturated carbocycles. The minimum atomic E-state index is -1.06. The highest BCUT2D eigenvalue weighted by atomic mass is 16.5. The smallest absolute Gasteiger partial charge is 0.262 e. The molecule has 4 rings (SSSR count). The Morgan fingerprint density at radius 3 is 1.94 bits per heavy atom. The summed E-state index contributed by atoms with van der Waals surface area (Å²) in [5.41, 5.74) is 0.523. The van der Waals surface area contributed by atoms with E-state index in [1.807, 2.05) is 41.5 Å². The van der Waals surface area contributed by atoms with Crippen molar-refractivity contribution >= 4 is 17.7 Å². The van der Waals surface area contributed by atoms with Gasteiger partial charge < -0.3 is 14.7 Å². The molecular weight excluding hydrogens is 420 g/mol. The molecule has 0 fully saturated rings. The predicted molar refractivity (Wildman–Crippen MR) is 123 cm³/mol. The number of ether oxygens (including phenoxy) is 1. The van der Waals surface area contributed by atoms with Crippen molar-refractivity contribution in [2.24, 2.45) is 0 Å². The van der Waals surface area contributed by atoms with Crippen LogP contribution in [0.2, 0.25) is 0 Å². The summed E-state index contributed by atoms with van der Waals surface area (Å²) in [6, 6.07) is 9.79. The average Bonchev–Trinajstić information content (AvgIpc) is 3.18. The Bertz CT molecular complexity index is 1170. The van der Waals surface area contributed by atoms with E-state index in [0.29, 0.717) is 46.6 Å². The molecule has 0 radical (unpaired) electrons. The van der Waals surface area contributed by atoms with Crippen LogP contribution >= 0.6 is 0 Å². The fourth-order valence-corrected chi connectivity index (χ4v) is 4.30. The number of carbonyl (C=O) groups is 3. The van der Waals surface area contributed by atoms with Crippen molar-refractivity contribution in [3.63, 3.8) is 0 Å². The van der Waals surface area contributed by atoms with Crippen molar-refractivity contribution in [3.05, 3.63) is 58.7 Å². The van der Waals surface area contributed by atoms with E-state index in [9.17, 15) is 19.5 Å². The molecule has 0 aromatic heterocycles. The molecule has 2 aliphatic heterocycles. The molecule has 0 bridgehead atoms. The average molecular weight is 451 g/mol. The lowest BCUT2D eigenvalue weighted by Crippen LogP contribution is -2.47. The summed E-state index contributed by atoms with van der Waals surface area (Å²) in [5.74, 6) is -0.0168. The van der Waals surface area contributed by atoms with E-state index in [1.54, 1.807) is 36.4 Å². The molecule has 0 aliphatic carbocycles. The standard InChI is InChI=1S/C26H30N2O5/c1-7-25(3,4)27-21(29)17-11-9-15(13-19(17)23(27)31)33-16-10-12-18-20(14-16)24(32)28(22(18)30)26(5,6)8-2/h9-14,23,31H,7-8H2,1-6H3. The van der Waals surface area contributed by atoms with Crippen molar-refractivity contribution in [3.8, 4) is 11.5 Å². The number of amides is 3. The van der Waals surface area contributed by atoms with Gasteiger partial charge in [0.25, 0.3) is 17.7 Å². The number of fused-ring (bicyclic) bond motifs is 2. The van der Waals surface area contributed by atoms with Crippen LogP contribution in [0.4, 0.5) is 0 Å². The number of benzene rings is 2. The minimum Gasteiger partial charge on any atom is -0.457 e. The third kappa shape index (κ3) is 3.51. The van der Waals surface area contributed by atoms with Gasteiger partial charge in [-0.15, -0.1) is 0 Å². The topological polar surface area (TPSA) is 87.2 Å². The molecule has 2 heterocycles. The van der Waals surface area contributed by atoms with E-state index in [2.05, 4.69) is 0 Å². The van der Waals surface area contributed by atoms with Crippen molar-refractivity contribution in [2.45, 2.75) is 71.7 Å². The molecular formula is C26H30N2O5. The highest BCUT2D eigenvalue weighted by molar-refractivity contribution is 6.22. The second-order valence-electron chi connectivity index (χ2n) is 9.89. The lowest BCUT2D eigenvalue weighted by Gasteiger charge is -2.37. The first-order chi connectivity index (χ1) is 15.4. The lowest BCUT2D eigenvalue weighted by molar-refractivity contribution is -0.0297. The predicted octanol–water partition coefficient (Wildman–Crippen LogP) is 4.90. The van der Waals surface area contributed by atoms with E-state index < -0.39 is 17.3 Å². The highest BCUT2D eigenvalue weighted by Gasteiger charge is 2.44. The normalized spacial score (nSPS) is 18.2. The third-order valence-electron chi connectivity index (χ3n) is 7.08. The van der Waals surface area contributed by atoms with Crippen LogP contribution < -0.4 is 4.74 Å². The Morgan fingerprint density at radius 1 is 0.788 bits per heavy atom. The maximum Gasteiger partial charge on any atom is 0.262 e. The fraction of sp³-hybridized carbons (Fsp3) is 0.423. The van der Waals surface area contributed by atoms with Gasteiger partial charge in [0, 0.05) is 22.2 Å². The van der Waals surface area contributed by atoms with Gasteiger partial charge in [0.2, 0.25) is 0 Å². The second-order valence-corrected chi connectivity index (χ2v) is 9.89. The number of carbonyl (C=O) groups excluding carboxylic acids is 3. The zero-order valence-corrected chi connectivity index (χ0v) is 19.9. The van der Waals surface area contributed by atoms with Gasteiger partial charge in [0.05, 0.1) is 11.1 Å². The third-order valence-corrected chi connectivity index (χ3v) is 7.08. The molecule has 2 aromatic carbocycles. The molecule has 3 amide bonds. The van der Waals surface area contributed by atoms with Gasteiger partial charge >= 0.3 is 0 Å². The number of imide groups is 1. The number of rotatable bonds is 6. The van der Waals surface area contributed by atoms with Crippen molar-refractivity contribution < 1.29 is 24.2 Å². The Labute approximate surface area is 193 Å². The summed E-state index contributed by atoms with van der Waals surface area (Å²) >= 11 is 0. The van der Waals surface area contributed by atoms with Crippen LogP contribution in [0.1, 0.15) is 97.2 Å². The summed E-state index contributed by atoms with van der Waals surface area (Å²) in [4.78, 5) is 41.5. The Hall–Kier alpha value is -3.19. The molecule has 33 heavy (non-hydrogen) atoms. The SMILES string of the molecule is CCC(C)(C)N1C(=O)c2ccc(Oc3ccc4c(c3)C(O)N(C(C)(C)CC)C4=O)cc2C1=O. The zero-order chi connectivity index (χ0) is 24.3. The van der Waals surface area contributed by atoms with Crippen LogP contribution in [-0.4, -0.2) is 43.7 Å². The van der Waals surface area contributed by atoms with Crippen LogP contribution in [0.5, 0.6) is 11.5 Å². The molecule has 7 nitrogen and oxygen atoms in total. The molecule has 0 saturated heterocycles. The van der Waals surface area contributed by atoms with Crippen LogP contribution in [-0.2, 0) is 0 Å². The maximum absolute atomic E-state index is 13.0. The molecule has 1 atom stereocenters. The van der Waals surface area contributed by atoms with Crippen molar-refractivity contribution in [1.29, 1.82) is 0 Å². The quantitative estimate of drug-likeness (QED) is 0.633. The summed E-state index contributed by atoms with van der Waals surface area (Å²) in [5, 5.41) is 10.9. The van der Waals surface area contributed by atoms with Crippen LogP contribution in [0, 0.1) is 0 Å². The zero-order valence-electron chi connectivity index (χ0n) is 19.9. The summed E-state index contributed by atoms with van der Waals surface area (Å²) in [6.07, 6.45) is 0.278. The summed E-state index contributed by atoms with van der Waals surface area (Å²) in [7, 11) is 0. The molecule has 1 N–H and O–H groups in total. The molecule has 2 aromatic rings. The Balaban J connectivity index is 1.62. The fourth-order valence-electron chi connectivity index (χ4n) is 4.30. The Morgan fingerprint density at radius 2 is 1.33 bits per heavy atom. The number of nitrogens with zero attached hydrogens (tertiary/aromatic N) is 2. The van der Waals surface area contributed by atoms with Gasteiger partial charge in [-0.05, 0) is 76.9 Å². The van der Waals surface area contributed by atoms with Crippen molar-refractivity contribution in [2.75, 3.05) is 0 Å². The van der Waals surface area contributed by atoms with E-state index in [0.717, 1.165) is 0 Å². The molecule has 0 spiro atoms. The molecule has 174 valence electrons. The van der Waals surface area contributed by atoms with E-state index in [4.69, 9.17) is 4.74 Å². The van der Waals surface area contributed by atoms with E-state index in [1.165, 1.54) is 9.80 Å². The first kappa shape index (κ1) is 23.0. The summed E-state index contributed by atoms with van der Waals surface area (Å²) in [6.45, 7) is 11.5. The van der Waals surface area contributed by atoms with E-state index >= 15 is 0 Å². The molecule has 2 aliphatic rings. The van der Waals surface area contributed by atoms with Gasteiger partial charge in [0.1, 0.15) is 11.5 Å². The minimum absolute atomic E-state index is 0.212. The first-order valence-corrected chi connectivity index (χ1v) is 11.3. The van der Waals surface area contributed by atoms with E-state index in [-0.39, 0.29) is 17.7 Å². The van der Waals surface area contributed by atoms with Gasteiger partial charge in [-0.3, -0.25) is 19.3 Å². The number of aliphatic hydroxyl groups excluding tert-OH is 1. The van der Waals surface area contributed by atoms with Gasteiger partial charge in [-0.2, -0.15) is 0 Å². The van der Waals surface area contributed by atoms with Crippen LogP contribution in [0.3, 0.4) is 0 Å². The molecule has 1 unspecified atom stereocenters. The second kappa shape index (κ2) is 7.70. The van der Waals surface area contributed by atoms with Crippen LogP contribution in [0.15, 0.2) is 36.4 Å². The number of aliphatic hydroxyl groups is 1. The summed E-state index contributed by atoms with van der Waals surface area (Å²) < 4.78 is 5.97. The first-order valence-electron chi connectivity index (χ1n) is 11.3. The van der Waals surface area contributed by atoms with Gasteiger partial charge in [-0.25, -0.2) is 0 Å². The maximum atomic E-state index is 13.0. The Kier molecular flexibility index (Phi) is 5.36. The van der Waals surface area contributed by atoms with Crippen molar-refractivity contribution in [1.82, 2.24) is 9.80 Å². The monoisotopic (exact) mass is 450 g/mol. The highest BCUT2D eigenvalue weighted by Crippen LogP contribution is 2.41. The lowest BCUT2D eigenvalue weighted by atomic mass is 9.99. The van der Waals surface area contributed by atoms with Gasteiger partial charge in [-0.1, -0.05) is 13.8 Å². The molecule has 7 heteroatoms. The van der Waals surface area contributed by atoms with Crippen LogP contribution in [0.25, 0.3) is 0 Å².